The Morgan fingerprint density at radius 3 is 2.86 bits per heavy atom. The third-order valence-corrected chi connectivity index (χ3v) is 3.20. The second-order valence-corrected chi connectivity index (χ2v) is 4.52. The molecule has 0 radical (unpaired) electrons. The Kier molecular flexibility index (Phi) is 2.88. The highest BCUT2D eigenvalue weighted by molar-refractivity contribution is 9.10. The predicted octanol–water partition coefficient (Wildman–Crippen LogP) is 2.30. The molecular formula is C9H7BrN2OS. The van der Waals surface area contributed by atoms with Crippen LogP contribution in [0.25, 0.3) is 0 Å². The molecule has 0 aromatic heterocycles. The number of carbonyl (C=O) groups is 1. The molecule has 1 aromatic rings. The number of halogens is 1. The maximum atomic E-state index is 10.9. The summed E-state index contributed by atoms with van der Waals surface area (Å²) in [5.41, 5.74) is 0.831. The first-order valence-corrected chi connectivity index (χ1v) is 5.79. The molecule has 72 valence electrons. The molecule has 1 amide bonds. The van der Waals surface area contributed by atoms with E-state index in [-0.39, 0.29) is 5.91 Å². The van der Waals surface area contributed by atoms with E-state index in [1.165, 1.54) is 11.8 Å². The number of carbonyl (C=O) groups excluding carboxylic acids is 1. The maximum Gasteiger partial charge on any atom is 0.236 e. The zero-order chi connectivity index (χ0) is 9.97. The van der Waals surface area contributed by atoms with Crippen LogP contribution in [0.5, 0.6) is 0 Å². The van der Waals surface area contributed by atoms with Crippen molar-refractivity contribution in [1.29, 1.82) is 0 Å². The number of benzene rings is 1. The fourth-order valence-electron chi connectivity index (χ4n) is 1.04. The Morgan fingerprint density at radius 1 is 1.43 bits per heavy atom. The van der Waals surface area contributed by atoms with Crippen molar-refractivity contribution < 1.29 is 4.79 Å². The van der Waals surface area contributed by atoms with Crippen molar-refractivity contribution in [2.45, 2.75) is 0 Å². The smallest absolute Gasteiger partial charge is 0.236 e. The number of para-hydroxylation sites is 1. The highest BCUT2D eigenvalue weighted by atomic mass is 79.9. The second kappa shape index (κ2) is 4.14. The SMILES string of the molecule is O=C1CS/C(=N\c2ccccc2Br)N1. The molecule has 1 N–H and O–H groups in total. The first kappa shape index (κ1) is 9.73. The molecule has 0 saturated carbocycles. The molecule has 1 fully saturated rings. The van der Waals surface area contributed by atoms with Crippen LogP contribution in [0.1, 0.15) is 0 Å². The summed E-state index contributed by atoms with van der Waals surface area (Å²) in [6, 6.07) is 7.64. The van der Waals surface area contributed by atoms with Gasteiger partial charge in [0.15, 0.2) is 5.17 Å². The number of hydrogen-bond acceptors (Lipinski definition) is 3. The van der Waals surface area contributed by atoms with Gasteiger partial charge in [-0.2, -0.15) is 0 Å². The molecule has 0 spiro atoms. The van der Waals surface area contributed by atoms with Crippen molar-refractivity contribution in [2.75, 3.05) is 5.75 Å². The zero-order valence-corrected chi connectivity index (χ0v) is 9.56. The van der Waals surface area contributed by atoms with Crippen LogP contribution in [0.4, 0.5) is 5.69 Å². The van der Waals surface area contributed by atoms with Gasteiger partial charge in [0.1, 0.15) is 0 Å². The zero-order valence-electron chi connectivity index (χ0n) is 7.16. The van der Waals surface area contributed by atoms with Gasteiger partial charge in [-0.15, -0.1) is 0 Å². The number of thioether (sulfide) groups is 1. The standard InChI is InChI=1S/C9H7BrN2OS/c10-6-3-1-2-4-7(6)11-9-12-8(13)5-14-9/h1-4H,5H2,(H,11,12,13). The summed E-state index contributed by atoms with van der Waals surface area (Å²) in [6.07, 6.45) is 0. The van der Waals surface area contributed by atoms with Crippen molar-refractivity contribution in [3.8, 4) is 0 Å². The molecule has 3 nitrogen and oxygen atoms in total. The molecule has 1 heterocycles. The summed E-state index contributed by atoms with van der Waals surface area (Å²) in [5.74, 6) is 0.476. The lowest BCUT2D eigenvalue weighted by Gasteiger charge is -1.98. The summed E-state index contributed by atoms with van der Waals surface area (Å²) in [7, 11) is 0. The molecule has 1 aromatic carbocycles. The van der Waals surface area contributed by atoms with E-state index in [4.69, 9.17) is 0 Å². The number of rotatable bonds is 1. The minimum Gasteiger partial charge on any atom is -0.304 e. The molecule has 1 aliphatic heterocycles. The molecule has 2 rings (SSSR count). The Bertz CT molecular complexity index is 406. The average molecular weight is 271 g/mol. The molecule has 14 heavy (non-hydrogen) atoms. The molecule has 5 heteroatoms. The van der Waals surface area contributed by atoms with Crippen molar-refractivity contribution in [3.63, 3.8) is 0 Å². The summed E-state index contributed by atoms with van der Waals surface area (Å²) in [5, 5.41) is 3.35. The largest absolute Gasteiger partial charge is 0.304 e. The van der Waals surface area contributed by atoms with Gasteiger partial charge in [-0.25, -0.2) is 4.99 Å². The predicted molar refractivity (Wildman–Crippen MR) is 61.8 cm³/mol. The van der Waals surface area contributed by atoms with Gasteiger partial charge < -0.3 is 5.32 Å². The van der Waals surface area contributed by atoms with Gasteiger partial charge in [-0.1, -0.05) is 23.9 Å². The van der Waals surface area contributed by atoms with Crippen molar-refractivity contribution >= 4 is 44.5 Å². The third-order valence-electron chi connectivity index (χ3n) is 1.66. The van der Waals surface area contributed by atoms with Gasteiger partial charge in [-0.05, 0) is 28.1 Å². The number of hydrogen-bond donors (Lipinski definition) is 1. The third kappa shape index (κ3) is 2.16. The lowest BCUT2D eigenvalue weighted by atomic mass is 10.3. The summed E-state index contributed by atoms with van der Waals surface area (Å²) < 4.78 is 0.925. The van der Waals surface area contributed by atoms with E-state index in [0.717, 1.165) is 10.2 Å². The van der Waals surface area contributed by atoms with Gasteiger partial charge in [-0.3, -0.25) is 4.79 Å². The van der Waals surface area contributed by atoms with Crippen molar-refractivity contribution in [3.05, 3.63) is 28.7 Å². The lowest BCUT2D eigenvalue weighted by Crippen LogP contribution is -2.19. The summed E-state index contributed by atoms with van der Waals surface area (Å²) in [6.45, 7) is 0. The molecule has 0 bridgehead atoms. The molecule has 0 atom stereocenters. The van der Waals surface area contributed by atoms with Gasteiger partial charge >= 0.3 is 0 Å². The maximum absolute atomic E-state index is 10.9. The van der Waals surface area contributed by atoms with Crippen LogP contribution in [0.2, 0.25) is 0 Å². The Balaban J connectivity index is 2.25. The van der Waals surface area contributed by atoms with E-state index in [9.17, 15) is 4.79 Å². The fourth-order valence-corrected chi connectivity index (χ4v) is 2.10. The average Bonchev–Trinajstić information content (AvgIpc) is 2.56. The van der Waals surface area contributed by atoms with E-state index in [0.29, 0.717) is 10.9 Å². The topological polar surface area (TPSA) is 41.5 Å². The summed E-state index contributed by atoms with van der Waals surface area (Å²) >= 11 is 4.81. The fraction of sp³-hybridized carbons (Fsp3) is 0.111. The minimum absolute atomic E-state index is 0.0146. The van der Waals surface area contributed by atoms with Crippen LogP contribution in [0, 0.1) is 0 Å². The molecule has 0 unspecified atom stereocenters. The number of nitrogens with one attached hydrogen (secondary N) is 1. The first-order chi connectivity index (χ1) is 6.75. The molecular weight excluding hydrogens is 264 g/mol. The van der Waals surface area contributed by atoms with Crippen molar-refractivity contribution in [1.82, 2.24) is 5.32 Å². The highest BCUT2D eigenvalue weighted by Crippen LogP contribution is 2.26. The molecule has 0 aliphatic carbocycles. The van der Waals surface area contributed by atoms with Crippen LogP contribution in [0.3, 0.4) is 0 Å². The molecule has 1 saturated heterocycles. The van der Waals surface area contributed by atoms with Crippen LogP contribution in [-0.4, -0.2) is 16.8 Å². The number of aliphatic imine (C=N–C) groups is 1. The normalized spacial score (nSPS) is 18.6. The van der Waals surface area contributed by atoms with E-state index in [1.807, 2.05) is 24.3 Å². The van der Waals surface area contributed by atoms with E-state index in [1.54, 1.807) is 0 Å². The summed E-state index contributed by atoms with van der Waals surface area (Å²) in [4.78, 5) is 15.2. The second-order valence-electron chi connectivity index (χ2n) is 2.71. The number of nitrogens with zero attached hydrogens (tertiary/aromatic N) is 1. The van der Waals surface area contributed by atoms with Crippen LogP contribution >= 0.6 is 27.7 Å². The highest BCUT2D eigenvalue weighted by Gasteiger charge is 2.16. The Hall–Kier alpha value is -0.810. The van der Waals surface area contributed by atoms with E-state index >= 15 is 0 Å². The van der Waals surface area contributed by atoms with Crippen LogP contribution in [0.15, 0.2) is 33.7 Å². The lowest BCUT2D eigenvalue weighted by molar-refractivity contribution is -0.116. The van der Waals surface area contributed by atoms with Crippen LogP contribution in [-0.2, 0) is 4.79 Å². The molecule has 1 aliphatic rings. The Labute approximate surface area is 94.1 Å². The Morgan fingerprint density at radius 2 is 2.21 bits per heavy atom. The monoisotopic (exact) mass is 270 g/mol. The number of amides is 1. The van der Waals surface area contributed by atoms with Gasteiger partial charge in [0, 0.05) is 4.47 Å². The quantitative estimate of drug-likeness (QED) is 0.851. The van der Waals surface area contributed by atoms with E-state index in [2.05, 4.69) is 26.2 Å². The minimum atomic E-state index is 0.0146. The van der Waals surface area contributed by atoms with E-state index < -0.39 is 0 Å². The van der Waals surface area contributed by atoms with Crippen LogP contribution < -0.4 is 5.32 Å². The first-order valence-electron chi connectivity index (χ1n) is 4.01. The van der Waals surface area contributed by atoms with Gasteiger partial charge in [0.25, 0.3) is 0 Å². The van der Waals surface area contributed by atoms with Crippen molar-refractivity contribution in [2.24, 2.45) is 4.99 Å². The van der Waals surface area contributed by atoms with Gasteiger partial charge in [0.05, 0.1) is 11.4 Å². The van der Waals surface area contributed by atoms with Gasteiger partial charge in [0.2, 0.25) is 5.91 Å². The number of amidine groups is 1.